The van der Waals surface area contributed by atoms with E-state index < -0.39 is 6.04 Å². The van der Waals surface area contributed by atoms with Crippen molar-refractivity contribution >= 4 is 17.2 Å². The summed E-state index contributed by atoms with van der Waals surface area (Å²) < 4.78 is 0. The van der Waals surface area contributed by atoms with Gasteiger partial charge in [0.25, 0.3) is 0 Å². The predicted molar refractivity (Wildman–Crippen MR) is 59.7 cm³/mol. The van der Waals surface area contributed by atoms with Crippen LogP contribution < -0.4 is 0 Å². The molecule has 0 saturated heterocycles. The van der Waals surface area contributed by atoms with E-state index in [1.807, 2.05) is 24.3 Å². The number of hydrogen-bond donors (Lipinski definition) is 0. The molecule has 1 unspecified atom stereocenters. The first-order valence-electron chi connectivity index (χ1n) is 4.70. The molecule has 5 heteroatoms. The first kappa shape index (κ1) is 10.1. The lowest BCUT2D eigenvalue weighted by atomic mass is 10.0. The number of nitrogens with zero attached hydrogens (tertiary/aromatic N) is 4. The highest BCUT2D eigenvalue weighted by molar-refractivity contribution is 5.84. The predicted octanol–water partition coefficient (Wildman–Crippen LogP) is 2.79. The molecule has 0 fully saturated rings. The monoisotopic (exact) mass is 212 g/mol. The number of rotatable bonds is 3. The number of azide groups is 1. The van der Waals surface area contributed by atoms with Gasteiger partial charge in [-0.05, 0) is 17.2 Å². The molecule has 1 atom stereocenters. The molecule has 1 heterocycles. The van der Waals surface area contributed by atoms with Gasteiger partial charge in [0.1, 0.15) is 12.3 Å². The standard InChI is InChI=1S/C11H8N4O/c12-15-14-10(7-16)9-5-1-3-8-4-2-6-13-11(8)9/h1-7,10H. The Hall–Kier alpha value is -2.39. The van der Waals surface area contributed by atoms with Gasteiger partial charge in [-0.15, -0.1) is 0 Å². The van der Waals surface area contributed by atoms with Gasteiger partial charge in [-0.3, -0.25) is 4.98 Å². The molecule has 0 aliphatic rings. The quantitative estimate of drug-likeness (QED) is 0.339. The Morgan fingerprint density at radius 1 is 1.38 bits per heavy atom. The summed E-state index contributed by atoms with van der Waals surface area (Å²) in [5, 5.41) is 4.35. The molecule has 0 N–H and O–H groups in total. The lowest BCUT2D eigenvalue weighted by Crippen LogP contribution is -1.97. The van der Waals surface area contributed by atoms with Crippen LogP contribution in [-0.2, 0) is 4.79 Å². The van der Waals surface area contributed by atoms with E-state index in [0.717, 1.165) is 5.39 Å². The van der Waals surface area contributed by atoms with Gasteiger partial charge >= 0.3 is 0 Å². The molecule has 0 bridgehead atoms. The minimum Gasteiger partial charge on any atom is -0.303 e. The van der Waals surface area contributed by atoms with Gasteiger partial charge in [0.15, 0.2) is 0 Å². The summed E-state index contributed by atoms with van der Waals surface area (Å²) in [4.78, 5) is 17.7. The summed E-state index contributed by atoms with van der Waals surface area (Å²) in [6.45, 7) is 0. The molecular weight excluding hydrogens is 204 g/mol. The molecule has 0 radical (unpaired) electrons. The smallest absolute Gasteiger partial charge is 0.133 e. The Bertz CT molecular complexity index is 570. The zero-order valence-electron chi connectivity index (χ0n) is 8.32. The zero-order valence-corrected chi connectivity index (χ0v) is 8.32. The highest BCUT2D eigenvalue weighted by Gasteiger charge is 2.11. The average molecular weight is 212 g/mol. The van der Waals surface area contributed by atoms with Crippen molar-refractivity contribution in [1.82, 2.24) is 4.98 Å². The molecule has 2 rings (SSSR count). The highest BCUT2D eigenvalue weighted by atomic mass is 16.1. The van der Waals surface area contributed by atoms with Crippen LogP contribution in [0.3, 0.4) is 0 Å². The van der Waals surface area contributed by atoms with Crippen LogP contribution in [0, 0.1) is 0 Å². The van der Waals surface area contributed by atoms with E-state index in [4.69, 9.17) is 5.53 Å². The zero-order chi connectivity index (χ0) is 11.4. The van der Waals surface area contributed by atoms with E-state index in [9.17, 15) is 4.79 Å². The molecule has 16 heavy (non-hydrogen) atoms. The molecule has 0 aliphatic heterocycles. The van der Waals surface area contributed by atoms with Gasteiger partial charge < -0.3 is 4.79 Å². The number of carbonyl (C=O) groups excluding carboxylic acids is 1. The number of carbonyl (C=O) groups is 1. The van der Waals surface area contributed by atoms with E-state index >= 15 is 0 Å². The molecule has 0 aliphatic carbocycles. The number of para-hydroxylation sites is 1. The number of benzene rings is 1. The Morgan fingerprint density at radius 2 is 2.19 bits per heavy atom. The van der Waals surface area contributed by atoms with Crippen molar-refractivity contribution in [2.45, 2.75) is 6.04 Å². The third kappa shape index (κ3) is 1.71. The fourth-order valence-electron chi connectivity index (χ4n) is 1.58. The fraction of sp³-hybridized carbons (Fsp3) is 0.0909. The molecule has 0 amide bonds. The van der Waals surface area contributed by atoms with Crippen LogP contribution in [-0.4, -0.2) is 11.3 Å². The first-order valence-corrected chi connectivity index (χ1v) is 4.70. The summed E-state index contributed by atoms with van der Waals surface area (Å²) in [6, 6.07) is 8.33. The lowest BCUT2D eigenvalue weighted by molar-refractivity contribution is -0.108. The fourth-order valence-corrected chi connectivity index (χ4v) is 1.58. The van der Waals surface area contributed by atoms with E-state index in [1.165, 1.54) is 0 Å². The third-order valence-corrected chi connectivity index (χ3v) is 2.29. The Morgan fingerprint density at radius 3 is 2.94 bits per heavy atom. The average Bonchev–Trinajstić information content (AvgIpc) is 2.35. The van der Waals surface area contributed by atoms with Crippen molar-refractivity contribution in [1.29, 1.82) is 0 Å². The maximum atomic E-state index is 10.8. The number of aldehydes is 1. The molecule has 78 valence electrons. The second kappa shape index (κ2) is 4.42. The first-order chi connectivity index (χ1) is 7.86. The maximum absolute atomic E-state index is 10.8. The minimum absolute atomic E-state index is 0.614. The van der Waals surface area contributed by atoms with E-state index in [2.05, 4.69) is 15.0 Å². The van der Waals surface area contributed by atoms with Crippen molar-refractivity contribution in [2.75, 3.05) is 0 Å². The summed E-state index contributed by atoms with van der Waals surface area (Å²) in [5.74, 6) is 0. The largest absolute Gasteiger partial charge is 0.303 e. The van der Waals surface area contributed by atoms with E-state index in [0.29, 0.717) is 17.4 Å². The second-order valence-electron chi connectivity index (χ2n) is 3.21. The van der Waals surface area contributed by atoms with Crippen molar-refractivity contribution in [2.24, 2.45) is 5.11 Å². The van der Waals surface area contributed by atoms with Crippen molar-refractivity contribution in [3.05, 3.63) is 52.5 Å². The van der Waals surface area contributed by atoms with Crippen LogP contribution in [0.15, 0.2) is 41.6 Å². The van der Waals surface area contributed by atoms with Crippen LogP contribution in [0.25, 0.3) is 21.3 Å². The number of hydrogen-bond acceptors (Lipinski definition) is 3. The molecule has 1 aromatic heterocycles. The van der Waals surface area contributed by atoms with Gasteiger partial charge in [0.2, 0.25) is 0 Å². The topological polar surface area (TPSA) is 78.7 Å². The van der Waals surface area contributed by atoms with Crippen LogP contribution >= 0.6 is 0 Å². The van der Waals surface area contributed by atoms with Crippen molar-refractivity contribution < 1.29 is 4.79 Å². The third-order valence-electron chi connectivity index (χ3n) is 2.29. The number of aromatic nitrogens is 1. The molecule has 1 aromatic carbocycles. The van der Waals surface area contributed by atoms with Crippen LogP contribution in [0.1, 0.15) is 11.6 Å². The summed E-state index contributed by atoms with van der Waals surface area (Å²) in [7, 11) is 0. The minimum atomic E-state index is -0.816. The van der Waals surface area contributed by atoms with Crippen molar-refractivity contribution in [3.63, 3.8) is 0 Å². The normalized spacial score (nSPS) is 11.8. The van der Waals surface area contributed by atoms with Gasteiger partial charge in [0, 0.05) is 16.5 Å². The van der Waals surface area contributed by atoms with Gasteiger partial charge in [-0.2, -0.15) is 0 Å². The molecular formula is C11H8N4O. The van der Waals surface area contributed by atoms with E-state index in [1.54, 1.807) is 12.3 Å². The SMILES string of the molecule is [N-]=[N+]=NC(C=O)c1cccc2cccnc12. The Labute approximate surface area is 91.4 Å². The summed E-state index contributed by atoms with van der Waals surface area (Å²) in [5.41, 5.74) is 9.70. The highest BCUT2D eigenvalue weighted by Crippen LogP contribution is 2.23. The molecule has 2 aromatic rings. The second-order valence-corrected chi connectivity index (χ2v) is 3.21. The van der Waals surface area contributed by atoms with Crippen LogP contribution in [0.5, 0.6) is 0 Å². The van der Waals surface area contributed by atoms with Crippen LogP contribution in [0.4, 0.5) is 0 Å². The van der Waals surface area contributed by atoms with Gasteiger partial charge in [-0.25, -0.2) is 0 Å². The summed E-state index contributed by atoms with van der Waals surface area (Å²) in [6.07, 6.45) is 2.26. The molecule has 0 saturated carbocycles. The lowest BCUT2D eigenvalue weighted by Gasteiger charge is -2.06. The van der Waals surface area contributed by atoms with Crippen LogP contribution in [0.2, 0.25) is 0 Å². The van der Waals surface area contributed by atoms with Gasteiger partial charge in [0.05, 0.1) is 5.52 Å². The van der Waals surface area contributed by atoms with Gasteiger partial charge in [-0.1, -0.05) is 29.4 Å². The maximum Gasteiger partial charge on any atom is 0.133 e. The Balaban J connectivity index is 2.67. The molecule has 0 spiro atoms. The summed E-state index contributed by atoms with van der Waals surface area (Å²) >= 11 is 0. The Kier molecular flexibility index (Phi) is 2.80. The van der Waals surface area contributed by atoms with Crippen molar-refractivity contribution in [3.8, 4) is 0 Å². The number of fused-ring (bicyclic) bond motifs is 1. The van der Waals surface area contributed by atoms with E-state index in [-0.39, 0.29) is 0 Å². The number of pyridine rings is 1. The molecule has 5 nitrogen and oxygen atoms in total.